The summed E-state index contributed by atoms with van der Waals surface area (Å²) in [4.78, 5) is 0. The lowest BCUT2D eigenvalue weighted by molar-refractivity contribution is 0.253. The van der Waals surface area contributed by atoms with Crippen molar-refractivity contribution in [2.24, 2.45) is 5.73 Å². The van der Waals surface area contributed by atoms with E-state index in [2.05, 4.69) is 45.0 Å². The molecule has 1 fully saturated rings. The van der Waals surface area contributed by atoms with Gasteiger partial charge >= 0.3 is 0 Å². The van der Waals surface area contributed by atoms with Gasteiger partial charge in [-0.1, -0.05) is 51.5 Å². The molecule has 1 heteroatoms. The van der Waals surface area contributed by atoms with Crippen molar-refractivity contribution in [1.82, 2.24) is 0 Å². The van der Waals surface area contributed by atoms with Crippen LogP contribution in [0, 0.1) is 0 Å². The summed E-state index contributed by atoms with van der Waals surface area (Å²) < 4.78 is 0. The van der Waals surface area contributed by atoms with Gasteiger partial charge in [-0.05, 0) is 35.8 Å². The van der Waals surface area contributed by atoms with Crippen LogP contribution >= 0.6 is 0 Å². The van der Waals surface area contributed by atoms with Gasteiger partial charge in [-0.15, -0.1) is 0 Å². The summed E-state index contributed by atoms with van der Waals surface area (Å²) in [6.45, 7) is 7.67. The third kappa shape index (κ3) is 2.13. The van der Waals surface area contributed by atoms with E-state index >= 15 is 0 Å². The molecule has 1 saturated carbocycles. The van der Waals surface area contributed by atoms with Crippen LogP contribution < -0.4 is 5.73 Å². The van der Waals surface area contributed by atoms with E-state index in [1.807, 2.05) is 0 Å². The van der Waals surface area contributed by atoms with Gasteiger partial charge in [0.1, 0.15) is 0 Å². The number of benzene rings is 1. The molecule has 1 nitrogen and oxygen atoms in total. The first kappa shape index (κ1) is 12.6. The molecule has 1 aromatic carbocycles. The molecule has 1 aliphatic carbocycles. The van der Waals surface area contributed by atoms with Gasteiger partial charge in [-0.2, -0.15) is 0 Å². The molecule has 1 aromatic rings. The summed E-state index contributed by atoms with van der Waals surface area (Å²) in [5.41, 5.74) is 9.42. The van der Waals surface area contributed by atoms with E-state index in [-0.39, 0.29) is 5.41 Å². The molecule has 0 heterocycles. The highest BCUT2D eigenvalue weighted by molar-refractivity contribution is 5.34. The van der Waals surface area contributed by atoms with Crippen LogP contribution in [0.2, 0.25) is 0 Å². The Labute approximate surface area is 105 Å². The number of rotatable bonds is 4. The smallest absolute Gasteiger partial charge is 0.00755 e. The van der Waals surface area contributed by atoms with Gasteiger partial charge in [-0.3, -0.25) is 0 Å². The van der Waals surface area contributed by atoms with Gasteiger partial charge in [0.05, 0.1) is 0 Å². The summed E-state index contributed by atoms with van der Waals surface area (Å²) in [6, 6.07) is 9.21. The molecule has 0 atom stereocenters. The van der Waals surface area contributed by atoms with E-state index < -0.39 is 0 Å². The molecule has 0 unspecified atom stereocenters. The second kappa shape index (κ2) is 4.45. The maximum absolute atomic E-state index is 5.95. The van der Waals surface area contributed by atoms with Crippen LogP contribution in [0.25, 0.3) is 0 Å². The third-order valence-corrected chi connectivity index (χ3v) is 4.86. The summed E-state index contributed by atoms with van der Waals surface area (Å²) in [5, 5.41) is 0. The minimum absolute atomic E-state index is 0.286. The SMILES string of the molecule is CCC(C)(C)c1ccc(C2(CN)CCC2)cc1. The largest absolute Gasteiger partial charge is 0.330 e. The molecule has 2 rings (SSSR count). The fourth-order valence-electron chi connectivity index (χ4n) is 2.69. The lowest BCUT2D eigenvalue weighted by atomic mass is 9.64. The Bertz CT molecular complexity index is 366. The van der Waals surface area contributed by atoms with E-state index in [1.54, 1.807) is 0 Å². The highest BCUT2D eigenvalue weighted by atomic mass is 14.6. The maximum Gasteiger partial charge on any atom is 0.00755 e. The van der Waals surface area contributed by atoms with Crippen molar-refractivity contribution in [3.05, 3.63) is 35.4 Å². The van der Waals surface area contributed by atoms with E-state index in [9.17, 15) is 0 Å². The Morgan fingerprint density at radius 2 is 1.76 bits per heavy atom. The van der Waals surface area contributed by atoms with Gasteiger partial charge in [0.2, 0.25) is 0 Å². The average molecular weight is 231 g/mol. The third-order valence-electron chi connectivity index (χ3n) is 4.86. The van der Waals surface area contributed by atoms with Crippen molar-refractivity contribution >= 4 is 0 Å². The first-order chi connectivity index (χ1) is 8.04. The van der Waals surface area contributed by atoms with Crippen molar-refractivity contribution < 1.29 is 0 Å². The monoisotopic (exact) mass is 231 g/mol. The number of nitrogens with two attached hydrogens (primary N) is 1. The second-order valence-corrected chi connectivity index (χ2v) is 6.15. The zero-order valence-electron chi connectivity index (χ0n) is 11.4. The highest BCUT2D eigenvalue weighted by Gasteiger charge is 2.37. The van der Waals surface area contributed by atoms with Gasteiger partial charge in [0.15, 0.2) is 0 Å². The highest BCUT2D eigenvalue weighted by Crippen LogP contribution is 2.43. The minimum atomic E-state index is 0.286. The van der Waals surface area contributed by atoms with Gasteiger partial charge in [0.25, 0.3) is 0 Å². The molecule has 0 spiro atoms. The summed E-state index contributed by atoms with van der Waals surface area (Å²) >= 11 is 0. The fourth-order valence-corrected chi connectivity index (χ4v) is 2.69. The van der Waals surface area contributed by atoms with E-state index in [1.165, 1.54) is 36.8 Å². The predicted molar refractivity (Wildman–Crippen MR) is 74.3 cm³/mol. The van der Waals surface area contributed by atoms with Gasteiger partial charge in [-0.25, -0.2) is 0 Å². The quantitative estimate of drug-likeness (QED) is 0.839. The van der Waals surface area contributed by atoms with Crippen LogP contribution in [0.5, 0.6) is 0 Å². The average Bonchev–Trinajstić information content (AvgIpc) is 2.29. The Morgan fingerprint density at radius 1 is 1.18 bits per heavy atom. The van der Waals surface area contributed by atoms with Crippen LogP contribution in [0.15, 0.2) is 24.3 Å². The lowest BCUT2D eigenvalue weighted by Crippen LogP contribution is -2.41. The molecule has 1 aliphatic rings. The molecule has 94 valence electrons. The minimum Gasteiger partial charge on any atom is -0.330 e. The second-order valence-electron chi connectivity index (χ2n) is 6.15. The molecule has 17 heavy (non-hydrogen) atoms. The molecular formula is C16H25N. The molecular weight excluding hydrogens is 206 g/mol. The van der Waals surface area contributed by atoms with Crippen molar-refractivity contribution in [2.45, 2.75) is 57.3 Å². The van der Waals surface area contributed by atoms with Crippen LogP contribution in [0.1, 0.15) is 57.6 Å². The molecule has 0 saturated heterocycles. The first-order valence-electron chi connectivity index (χ1n) is 6.85. The van der Waals surface area contributed by atoms with Gasteiger partial charge in [0, 0.05) is 12.0 Å². The van der Waals surface area contributed by atoms with Crippen molar-refractivity contribution in [2.75, 3.05) is 6.54 Å². The molecule has 0 bridgehead atoms. The standard InChI is InChI=1S/C16H25N/c1-4-15(2,3)13-6-8-14(9-7-13)16(12-17)10-5-11-16/h6-9H,4-5,10-12,17H2,1-3H3. The van der Waals surface area contributed by atoms with Crippen LogP contribution in [-0.4, -0.2) is 6.54 Å². The Hall–Kier alpha value is -0.820. The van der Waals surface area contributed by atoms with Gasteiger partial charge < -0.3 is 5.73 Å². The molecule has 0 amide bonds. The predicted octanol–water partition coefficient (Wildman–Crippen LogP) is 3.75. The molecule has 2 N–H and O–H groups in total. The summed E-state index contributed by atoms with van der Waals surface area (Å²) in [5.74, 6) is 0. The number of hydrogen-bond donors (Lipinski definition) is 1. The zero-order chi connectivity index (χ0) is 12.5. The van der Waals surface area contributed by atoms with Crippen molar-refractivity contribution in [3.63, 3.8) is 0 Å². The zero-order valence-corrected chi connectivity index (χ0v) is 11.4. The van der Waals surface area contributed by atoms with E-state index in [0.29, 0.717) is 5.41 Å². The van der Waals surface area contributed by atoms with Crippen LogP contribution in [-0.2, 0) is 10.8 Å². The number of hydrogen-bond acceptors (Lipinski definition) is 1. The Morgan fingerprint density at radius 3 is 2.12 bits per heavy atom. The lowest BCUT2D eigenvalue weighted by Gasteiger charge is -2.41. The Balaban J connectivity index is 2.24. The fraction of sp³-hybridized carbons (Fsp3) is 0.625. The maximum atomic E-state index is 5.95. The van der Waals surface area contributed by atoms with E-state index in [0.717, 1.165) is 6.54 Å². The van der Waals surface area contributed by atoms with Crippen LogP contribution in [0.4, 0.5) is 0 Å². The van der Waals surface area contributed by atoms with E-state index in [4.69, 9.17) is 5.73 Å². The topological polar surface area (TPSA) is 26.0 Å². The first-order valence-corrected chi connectivity index (χ1v) is 6.85. The Kier molecular flexibility index (Phi) is 3.31. The van der Waals surface area contributed by atoms with Crippen molar-refractivity contribution in [1.29, 1.82) is 0 Å². The molecule has 0 aromatic heterocycles. The normalized spacial score (nSPS) is 18.8. The summed E-state index contributed by atoms with van der Waals surface area (Å²) in [6.07, 6.45) is 5.04. The molecule has 0 aliphatic heterocycles. The molecule has 0 radical (unpaired) electrons. The summed E-state index contributed by atoms with van der Waals surface area (Å²) in [7, 11) is 0. The van der Waals surface area contributed by atoms with Crippen LogP contribution in [0.3, 0.4) is 0 Å². The van der Waals surface area contributed by atoms with Crippen molar-refractivity contribution in [3.8, 4) is 0 Å².